The number of nitro benzene ring substituents is 1. The monoisotopic (exact) mass is 386 g/mol. The molecule has 0 spiro atoms. The molecule has 0 aliphatic rings. The molecular weight excluding hydrogens is 370 g/mol. The number of fused-ring (bicyclic) bond motifs is 1. The van der Waals surface area contributed by atoms with Crippen LogP contribution in [-0.2, 0) is 0 Å². The zero-order chi connectivity index (χ0) is 20.5. The number of nitro groups is 1. The van der Waals surface area contributed by atoms with Crippen molar-refractivity contribution >= 4 is 28.7 Å². The number of benzene rings is 3. The number of para-hydroxylation sites is 1. The van der Waals surface area contributed by atoms with Crippen LogP contribution in [0.4, 0.5) is 11.4 Å². The van der Waals surface area contributed by atoms with Gasteiger partial charge in [-0.15, -0.1) is 0 Å². The Morgan fingerprint density at radius 1 is 1.10 bits per heavy atom. The van der Waals surface area contributed by atoms with E-state index in [2.05, 4.69) is 9.98 Å². The lowest BCUT2D eigenvalue weighted by atomic mass is 10.1. The molecule has 4 rings (SSSR count). The summed E-state index contributed by atoms with van der Waals surface area (Å²) in [4.78, 5) is 19.1. The summed E-state index contributed by atoms with van der Waals surface area (Å²) in [5.74, 6) is -0.137. The lowest BCUT2D eigenvalue weighted by molar-refractivity contribution is -0.398. The Morgan fingerprint density at radius 3 is 2.69 bits per heavy atom. The molecule has 0 N–H and O–H groups in total. The van der Waals surface area contributed by atoms with Crippen molar-refractivity contribution in [2.45, 2.75) is 13.8 Å². The second-order valence-corrected chi connectivity index (χ2v) is 6.70. The summed E-state index contributed by atoms with van der Waals surface area (Å²) in [5, 5.41) is 23.0. The highest BCUT2D eigenvalue weighted by Gasteiger charge is 2.11. The second kappa shape index (κ2) is 7.20. The molecule has 7 heteroatoms. The van der Waals surface area contributed by atoms with Gasteiger partial charge in [0.1, 0.15) is 5.52 Å². The first-order valence-corrected chi connectivity index (χ1v) is 8.89. The van der Waals surface area contributed by atoms with E-state index in [1.807, 2.05) is 44.2 Å². The molecule has 1 aromatic heterocycles. The third-order valence-corrected chi connectivity index (χ3v) is 4.55. The molecule has 0 aliphatic carbocycles. The van der Waals surface area contributed by atoms with E-state index in [0.717, 1.165) is 27.8 Å². The largest absolute Gasteiger partial charge is 0.867 e. The van der Waals surface area contributed by atoms with Crippen LogP contribution in [0.3, 0.4) is 0 Å². The molecule has 0 aliphatic heterocycles. The Hall–Kier alpha value is -4.00. The first-order valence-electron chi connectivity index (χ1n) is 8.89. The average Bonchev–Trinajstić information content (AvgIpc) is 3.11. The average molecular weight is 386 g/mol. The first-order chi connectivity index (χ1) is 13.9. The summed E-state index contributed by atoms with van der Waals surface area (Å²) < 4.78 is 5.83. The third kappa shape index (κ3) is 3.58. The van der Waals surface area contributed by atoms with Crippen LogP contribution in [0, 0.1) is 24.0 Å². The van der Waals surface area contributed by atoms with Crippen LogP contribution < -0.4 is 5.11 Å². The minimum atomic E-state index is -0.693. The van der Waals surface area contributed by atoms with Crippen molar-refractivity contribution in [2.24, 2.45) is 4.99 Å². The Labute approximate surface area is 166 Å². The van der Waals surface area contributed by atoms with Crippen molar-refractivity contribution in [1.29, 1.82) is 0 Å². The van der Waals surface area contributed by atoms with Crippen molar-refractivity contribution in [2.75, 3.05) is 0 Å². The van der Waals surface area contributed by atoms with E-state index in [9.17, 15) is 15.2 Å². The van der Waals surface area contributed by atoms with Gasteiger partial charge in [0.15, 0.2) is 5.58 Å². The molecule has 3 aromatic carbocycles. The van der Waals surface area contributed by atoms with Crippen molar-refractivity contribution in [1.82, 2.24) is 4.98 Å². The molecular formula is C22H16N3O4-. The number of aryl methyl sites for hydroxylation is 2. The van der Waals surface area contributed by atoms with Crippen molar-refractivity contribution in [3.05, 3.63) is 81.4 Å². The highest BCUT2D eigenvalue weighted by molar-refractivity contribution is 5.87. The van der Waals surface area contributed by atoms with E-state index in [1.165, 1.54) is 24.4 Å². The van der Waals surface area contributed by atoms with Gasteiger partial charge >= 0.3 is 0 Å². The number of hydrogen-bond acceptors (Lipinski definition) is 6. The maximum absolute atomic E-state index is 12.1. The lowest BCUT2D eigenvalue weighted by Gasteiger charge is -2.09. The SMILES string of the molecule is Cc1ccc2oc(-c3ccc(N=Cc4cccc([N+](=O)[O-])c4[O-])c(C)c3)nc2c1. The number of oxazole rings is 1. The molecule has 0 atom stereocenters. The van der Waals surface area contributed by atoms with E-state index >= 15 is 0 Å². The summed E-state index contributed by atoms with van der Waals surface area (Å²) in [7, 11) is 0. The molecule has 0 saturated heterocycles. The third-order valence-electron chi connectivity index (χ3n) is 4.55. The molecule has 0 radical (unpaired) electrons. The molecule has 0 bridgehead atoms. The van der Waals surface area contributed by atoms with Gasteiger partial charge in [0, 0.05) is 17.8 Å². The van der Waals surface area contributed by atoms with Crippen molar-refractivity contribution < 1.29 is 14.4 Å². The Balaban J connectivity index is 1.64. The van der Waals surface area contributed by atoms with Gasteiger partial charge in [0.05, 0.1) is 10.6 Å². The van der Waals surface area contributed by atoms with Gasteiger partial charge in [-0.1, -0.05) is 18.2 Å². The van der Waals surface area contributed by atoms with Crippen LogP contribution in [0.15, 0.2) is 64.0 Å². The van der Waals surface area contributed by atoms with Crippen LogP contribution in [0.5, 0.6) is 5.75 Å². The lowest BCUT2D eigenvalue weighted by Crippen LogP contribution is -2.01. The quantitative estimate of drug-likeness (QED) is 0.283. The topological polar surface area (TPSA) is 105 Å². The number of aliphatic imine (C=N–C) groups is 1. The fourth-order valence-corrected chi connectivity index (χ4v) is 3.02. The van der Waals surface area contributed by atoms with Crippen LogP contribution in [0.1, 0.15) is 16.7 Å². The summed E-state index contributed by atoms with van der Waals surface area (Å²) in [6, 6.07) is 15.5. The van der Waals surface area contributed by atoms with Crippen molar-refractivity contribution in [3.63, 3.8) is 0 Å². The van der Waals surface area contributed by atoms with Gasteiger partial charge in [-0.05, 0) is 66.6 Å². The summed E-state index contributed by atoms with van der Waals surface area (Å²) in [6.07, 6.45) is 1.35. The van der Waals surface area contributed by atoms with E-state index in [0.29, 0.717) is 11.6 Å². The van der Waals surface area contributed by atoms with E-state index in [1.54, 1.807) is 6.07 Å². The molecule has 4 aromatic rings. The highest BCUT2D eigenvalue weighted by atomic mass is 16.6. The fourth-order valence-electron chi connectivity index (χ4n) is 3.02. The minimum absolute atomic E-state index is 0.164. The Bertz CT molecular complexity index is 1270. The maximum atomic E-state index is 12.1. The van der Waals surface area contributed by atoms with E-state index < -0.39 is 16.4 Å². The summed E-state index contributed by atoms with van der Waals surface area (Å²) in [6.45, 7) is 3.88. The maximum Gasteiger partial charge on any atom is 0.262 e. The van der Waals surface area contributed by atoms with Crippen LogP contribution in [0.25, 0.3) is 22.6 Å². The zero-order valence-electron chi connectivity index (χ0n) is 15.7. The van der Waals surface area contributed by atoms with E-state index in [4.69, 9.17) is 4.42 Å². The number of rotatable bonds is 4. The van der Waals surface area contributed by atoms with E-state index in [-0.39, 0.29) is 5.56 Å². The van der Waals surface area contributed by atoms with Gasteiger partial charge in [0.25, 0.3) is 5.69 Å². The molecule has 0 unspecified atom stereocenters. The smallest absolute Gasteiger partial charge is 0.262 e. The zero-order valence-corrected chi connectivity index (χ0v) is 15.7. The number of hydrogen-bond donors (Lipinski definition) is 0. The fraction of sp³-hybridized carbons (Fsp3) is 0.0909. The Kier molecular flexibility index (Phi) is 4.56. The molecule has 0 amide bonds. The van der Waals surface area contributed by atoms with Gasteiger partial charge in [0.2, 0.25) is 5.89 Å². The predicted molar refractivity (Wildman–Crippen MR) is 109 cm³/mol. The molecule has 0 saturated carbocycles. The van der Waals surface area contributed by atoms with Gasteiger partial charge < -0.3 is 9.52 Å². The predicted octanol–water partition coefficient (Wildman–Crippen LogP) is 4.84. The normalized spacial score (nSPS) is 11.4. The Morgan fingerprint density at radius 2 is 1.93 bits per heavy atom. The van der Waals surface area contributed by atoms with Crippen LogP contribution in [-0.4, -0.2) is 16.1 Å². The standard InChI is InChI=1S/C22H17N3O4/c1-13-6-9-20-18(10-13)24-22(29-20)15-7-8-17(14(2)11-15)23-12-16-4-3-5-19(21(16)26)25(27)28/h3-12,26H,1-2H3/p-1. The summed E-state index contributed by atoms with van der Waals surface area (Å²) >= 11 is 0. The molecule has 7 nitrogen and oxygen atoms in total. The van der Waals surface area contributed by atoms with Gasteiger partial charge in [-0.2, -0.15) is 0 Å². The molecule has 144 valence electrons. The molecule has 0 fully saturated rings. The van der Waals surface area contributed by atoms with Crippen molar-refractivity contribution in [3.8, 4) is 17.2 Å². The number of nitrogens with zero attached hydrogens (tertiary/aromatic N) is 3. The number of aromatic nitrogens is 1. The van der Waals surface area contributed by atoms with Gasteiger partial charge in [-0.3, -0.25) is 15.1 Å². The molecule has 29 heavy (non-hydrogen) atoms. The van der Waals surface area contributed by atoms with Gasteiger partial charge in [-0.25, -0.2) is 4.98 Å². The second-order valence-electron chi connectivity index (χ2n) is 6.70. The molecule has 1 heterocycles. The summed E-state index contributed by atoms with van der Waals surface area (Å²) in [5.41, 5.74) is 4.64. The van der Waals surface area contributed by atoms with Crippen LogP contribution in [0.2, 0.25) is 0 Å². The first kappa shape index (κ1) is 18.4. The van der Waals surface area contributed by atoms with Crippen LogP contribution >= 0.6 is 0 Å². The minimum Gasteiger partial charge on any atom is -0.867 e. The highest BCUT2D eigenvalue weighted by Crippen LogP contribution is 2.30.